The molecule has 81 valence electrons. The summed E-state index contributed by atoms with van der Waals surface area (Å²) in [6.07, 6.45) is 0. The second-order valence-corrected chi connectivity index (χ2v) is 4.02. The average Bonchev–Trinajstić information content (AvgIpc) is 1.99. The van der Waals surface area contributed by atoms with Gasteiger partial charge in [0.15, 0.2) is 0 Å². The van der Waals surface area contributed by atoms with Crippen molar-refractivity contribution in [2.75, 3.05) is 11.1 Å². The van der Waals surface area contributed by atoms with E-state index in [1.807, 2.05) is 0 Å². The fourth-order valence-electron chi connectivity index (χ4n) is 0.923. The first-order valence-corrected chi connectivity index (χ1v) is 5.10. The maximum absolute atomic E-state index is 10.7. The van der Waals surface area contributed by atoms with E-state index in [1.54, 1.807) is 0 Å². The van der Waals surface area contributed by atoms with Crippen molar-refractivity contribution >= 4 is 27.5 Å². The lowest BCUT2D eigenvalue weighted by atomic mass is 10.3. The van der Waals surface area contributed by atoms with E-state index in [-0.39, 0.29) is 11.4 Å². The Morgan fingerprint density at radius 2 is 2.13 bits per heavy atom. The molecule has 0 aromatic heterocycles. The van der Waals surface area contributed by atoms with Gasteiger partial charge in [0.1, 0.15) is 4.90 Å². The van der Waals surface area contributed by atoms with Gasteiger partial charge in [-0.15, -0.1) is 0 Å². The quantitative estimate of drug-likeness (QED) is 0.412. The summed E-state index contributed by atoms with van der Waals surface area (Å²) in [6, 6.07) is 3.62. The van der Waals surface area contributed by atoms with E-state index >= 15 is 0 Å². The molecule has 0 bridgehead atoms. The summed E-state index contributed by atoms with van der Waals surface area (Å²) in [5.74, 6) is 0. The molecule has 0 saturated heterocycles. The van der Waals surface area contributed by atoms with Crippen molar-refractivity contribution in [1.82, 2.24) is 0 Å². The number of hydrogen-bond acceptors (Lipinski definition) is 4. The fourth-order valence-corrected chi connectivity index (χ4v) is 1.49. The molecule has 0 saturated carbocycles. The summed E-state index contributed by atoms with van der Waals surface area (Å²) < 4.78 is 30.2. The second-order valence-electron chi connectivity index (χ2n) is 2.63. The zero-order valence-electron chi connectivity index (χ0n) is 7.39. The highest BCUT2D eigenvalue weighted by Gasteiger charge is 2.14. The van der Waals surface area contributed by atoms with Crippen LogP contribution in [-0.2, 0) is 10.1 Å². The number of amides is 2. The highest BCUT2D eigenvalue weighted by molar-refractivity contribution is 7.86. The highest BCUT2D eigenvalue weighted by atomic mass is 32.2. The second kappa shape index (κ2) is 3.75. The molecule has 0 aliphatic carbocycles. The van der Waals surface area contributed by atoms with Crippen LogP contribution in [0.5, 0.6) is 0 Å². The molecule has 1 aromatic carbocycles. The number of nitrogens with one attached hydrogen (secondary N) is 1. The Hall–Kier alpha value is -1.80. The summed E-state index contributed by atoms with van der Waals surface area (Å²) in [6.45, 7) is 0. The van der Waals surface area contributed by atoms with Gasteiger partial charge in [0.05, 0.1) is 11.4 Å². The summed E-state index contributed by atoms with van der Waals surface area (Å²) in [7, 11) is -4.38. The average molecular weight is 230 g/mol. The number of carbonyl (C=O) groups excluding carboxylic acids is 1. The number of anilines is 2. The van der Waals surface area contributed by atoms with Gasteiger partial charge < -0.3 is 16.8 Å². The molecule has 0 atom stereocenters. The first-order chi connectivity index (χ1) is 6.80. The van der Waals surface area contributed by atoms with E-state index in [9.17, 15) is 13.2 Å². The van der Waals surface area contributed by atoms with Crippen LogP contribution >= 0.6 is 0 Å². The van der Waals surface area contributed by atoms with Crippen molar-refractivity contribution in [2.45, 2.75) is 4.90 Å². The molecule has 1 aromatic rings. The number of primary amides is 1. The Morgan fingerprint density at radius 1 is 1.53 bits per heavy atom. The molecular formula is C7H8N3O4S. The lowest BCUT2D eigenvalue weighted by molar-refractivity contribution is 0.259. The van der Waals surface area contributed by atoms with Crippen LogP contribution in [0.2, 0.25) is 0 Å². The minimum atomic E-state index is -4.38. The third kappa shape index (κ3) is 2.82. The van der Waals surface area contributed by atoms with Crippen molar-refractivity contribution in [2.24, 2.45) is 5.73 Å². The van der Waals surface area contributed by atoms with Crippen LogP contribution in [0.4, 0.5) is 16.2 Å². The van der Waals surface area contributed by atoms with Gasteiger partial charge in [-0.05, 0) is 12.1 Å². The highest BCUT2D eigenvalue weighted by Crippen LogP contribution is 2.21. The SMILES string of the molecule is NC(=O)Nc1[c]cc(S(=O)(=O)O)c(N)c1. The Morgan fingerprint density at radius 3 is 2.53 bits per heavy atom. The third-order valence-electron chi connectivity index (χ3n) is 1.48. The monoisotopic (exact) mass is 230 g/mol. The number of rotatable bonds is 2. The number of nitrogens with two attached hydrogens (primary N) is 2. The van der Waals surface area contributed by atoms with Crippen LogP contribution in [-0.4, -0.2) is 19.0 Å². The van der Waals surface area contributed by atoms with Crippen LogP contribution in [0.1, 0.15) is 0 Å². The predicted molar refractivity (Wildman–Crippen MR) is 52.7 cm³/mol. The van der Waals surface area contributed by atoms with E-state index in [4.69, 9.17) is 16.0 Å². The zero-order valence-corrected chi connectivity index (χ0v) is 8.21. The van der Waals surface area contributed by atoms with Gasteiger partial charge in [0.25, 0.3) is 10.1 Å². The molecule has 6 N–H and O–H groups in total. The largest absolute Gasteiger partial charge is 0.398 e. The smallest absolute Gasteiger partial charge is 0.316 e. The topological polar surface area (TPSA) is 136 Å². The Labute approximate surface area is 85.8 Å². The maximum Gasteiger partial charge on any atom is 0.316 e. The molecule has 7 nitrogen and oxygen atoms in total. The predicted octanol–water partition coefficient (Wildman–Crippen LogP) is -0.194. The van der Waals surface area contributed by atoms with E-state index < -0.39 is 21.0 Å². The van der Waals surface area contributed by atoms with Crippen molar-refractivity contribution < 1.29 is 17.8 Å². The van der Waals surface area contributed by atoms with E-state index in [1.165, 1.54) is 0 Å². The Balaban J connectivity index is 3.15. The van der Waals surface area contributed by atoms with Crippen molar-refractivity contribution in [1.29, 1.82) is 0 Å². The van der Waals surface area contributed by atoms with E-state index in [2.05, 4.69) is 11.4 Å². The molecule has 0 fully saturated rings. The summed E-state index contributed by atoms with van der Waals surface area (Å²) in [5.41, 5.74) is 10.1. The normalized spacial score (nSPS) is 11.0. The van der Waals surface area contributed by atoms with Crippen molar-refractivity contribution in [3.05, 3.63) is 18.2 Å². The molecule has 1 radical (unpaired) electrons. The molecule has 0 spiro atoms. The van der Waals surface area contributed by atoms with Crippen LogP contribution in [0.3, 0.4) is 0 Å². The molecule has 15 heavy (non-hydrogen) atoms. The van der Waals surface area contributed by atoms with Crippen LogP contribution in [0, 0.1) is 6.07 Å². The molecule has 8 heteroatoms. The number of benzene rings is 1. The van der Waals surface area contributed by atoms with Gasteiger partial charge in [-0.1, -0.05) is 0 Å². The molecule has 0 heterocycles. The molecular weight excluding hydrogens is 222 g/mol. The lowest BCUT2D eigenvalue weighted by Crippen LogP contribution is -2.19. The summed E-state index contributed by atoms with van der Waals surface area (Å²) in [4.78, 5) is 9.97. The summed E-state index contributed by atoms with van der Waals surface area (Å²) in [5, 5.41) is 2.15. The maximum atomic E-state index is 10.7. The summed E-state index contributed by atoms with van der Waals surface area (Å²) >= 11 is 0. The molecule has 1 rings (SSSR count). The van der Waals surface area contributed by atoms with Gasteiger partial charge in [0, 0.05) is 6.07 Å². The molecule has 0 aliphatic rings. The molecule has 0 unspecified atom stereocenters. The van der Waals surface area contributed by atoms with Gasteiger partial charge in [-0.3, -0.25) is 4.55 Å². The fraction of sp³-hybridized carbons (Fsp3) is 0. The Bertz CT molecular complexity index is 497. The van der Waals surface area contributed by atoms with Crippen molar-refractivity contribution in [3.63, 3.8) is 0 Å². The van der Waals surface area contributed by atoms with Crippen LogP contribution in [0.15, 0.2) is 17.0 Å². The van der Waals surface area contributed by atoms with Gasteiger partial charge in [-0.25, -0.2) is 4.79 Å². The first kappa shape index (κ1) is 11.3. The number of carbonyl (C=O) groups is 1. The van der Waals surface area contributed by atoms with E-state index in [0.717, 1.165) is 12.1 Å². The van der Waals surface area contributed by atoms with E-state index in [0.29, 0.717) is 0 Å². The zero-order chi connectivity index (χ0) is 11.6. The lowest BCUT2D eigenvalue weighted by Gasteiger charge is -2.05. The molecule has 0 aliphatic heterocycles. The number of hydrogen-bond donors (Lipinski definition) is 4. The third-order valence-corrected chi connectivity index (χ3v) is 2.39. The Kier molecular flexibility index (Phi) is 2.82. The van der Waals surface area contributed by atoms with Gasteiger partial charge in [0.2, 0.25) is 0 Å². The van der Waals surface area contributed by atoms with Crippen LogP contribution < -0.4 is 16.8 Å². The molecule has 2 amide bonds. The number of urea groups is 1. The minimum absolute atomic E-state index is 0.118. The van der Waals surface area contributed by atoms with Gasteiger partial charge in [-0.2, -0.15) is 8.42 Å². The van der Waals surface area contributed by atoms with Crippen molar-refractivity contribution in [3.8, 4) is 0 Å². The van der Waals surface area contributed by atoms with Crippen LogP contribution in [0.25, 0.3) is 0 Å². The minimum Gasteiger partial charge on any atom is -0.398 e. The van der Waals surface area contributed by atoms with Gasteiger partial charge >= 0.3 is 6.03 Å². The first-order valence-electron chi connectivity index (χ1n) is 3.66. The standard InChI is InChI=1S/C7H8N3O4S/c8-5-3-4(10-7(9)11)1-2-6(5)15(12,13)14/h2-3H,8H2,(H3,9,10,11)(H,12,13,14). The number of nitrogen functional groups attached to an aromatic ring is 1.